The van der Waals surface area contributed by atoms with Gasteiger partial charge in [0.05, 0.1) is 11.9 Å². The van der Waals surface area contributed by atoms with Crippen LogP contribution in [-0.2, 0) is 14.8 Å². The third-order valence-electron chi connectivity index (χ3n) is 3.19. The molecule has 1 amide bonds. The van der Waals surface area contributed by atoms with Crippen LogP contribution in [0.2, 0.25) is 0 Å². The molecule has 1 N–H and O–H groups in total. The Morgan fingerprint density at radius 1 is 1.43 bits per heavy atom. The molecule has 1 fully saturated rings. The molecule has 1 aromatic rings. The molecule has 9 heteroatoms. The Morgan fingerprint density at radius 2 is 2.10 bits per heavy atom. The van der Waals surface area contributed by atoms with Crippen molar-refractivity contribution in [3.63, 3.8) is 0 Å². The van der Waals surface area contributed by atoms with Gasteiger partial charge in [0.1, 0.15) is 11.9 Å². The lowest BCUT2D eigenvalue weighted by Gasteiger charge is -2.21. The molecule has 1 atom stereocenters. The van der Waals surface area contributed by atoms with Crippen molar-refractivity contribution in [2.24, 2.45) is 0 Å². The van der Waals surface area contributed by atoms with E-state index < -0.39 is 27.8 Å². The fraction of sp³-hybridized carbons (Fsp3) is 0.417. The number of nitrogens with zero attached hydrogens (tertiary/aromatic N) is 1. The van der Waals surface area contributed by atoms with Gasteiger partial charge in [0.15, 0.2) is 0 Å². The Balaban J connectivity index is 2.23. The molecule has 116 valence electrons. The highest BCUT2D eigenvalue weighted by molar-refractivity contribution is 9.11. The Kier molecular flexibility index (Phi) is 5.07. The van der Waals surface area contributed by atoms with Crippen molar-refractivity contribution in [3.8, 4) is 0 Å². The number of hydrogen-bond acceptors (Lipinski definition) is 3. The first kappa shape index (κ1) is 16.9. The van der Waals surface area contributed by atoms with E-state index in [0.29, 0.717) is 28.3 Å². The molecular formula is C12H13Br2FN2O3S. The minimum absolute atomic E-state index is 0.00329. The Labute approximate surface area is 139 Å². The highest BCUT2D eigenvalue weighted by atomic mass is 79.9. The summed E-state index contributed by atoms with van der Waals surface area (Å²) in [6.45, 7) is 0.306. The number of rotatable bonds is 3. The molecule has 0 spiro atoms. The standard InChI is InChI=1S/C12H13Br2FN2O3S/c1-21(19,20)17-4-2-3-10(17)12(18)16-11-8(14)5-7(13)6-9(11)15/h5-6,10H,2-4H2,1H3,(H,16,18). The lowest BCUT2D eigenvalue weighted by Crippen LogP contribution is -2.42. The fourth-order valence-electron chi connectivity index (χ4n) is 2.27. The number of sulfonamides is 1. The van der Waals surface area contributed by atoms with E-state index in [1.807, 2.05) is 0 Å². The maximum Gasteiger partial charge on any atom is 0.242 e. The fourth-order valence-corrected chi connectivity index (χ4v) is 4.66. The number of carbonyl (C=O) groups is 1. The van der Waals surface area contributed by atoms with Crippen molar-refractivity contribution in [3.05, 3.63) is 26.9 Å². The van der Waals surface area contributed by atoms with Crippen LogP contribution in [0.3, 0.4) is 0 Å². The second-order valence-electron chi connectivity index (χ2n) is 4.77. The molecule has 1 saturated heterocycles. The van der Waals surface area contributed by atoms with E-state index >= 15 is 0 Å². The maximum absolute atomic E-state index is 13.9. The molecule has 1 aromatic carbocycles. The zero-order valence-electron chi connectivity index (χ0n) is 11.1. The summed E-state index contributed by atoms with van der Waals surface area (Å²) in [6.07, 6.45) is 2.10. The molecule has 21 heavy (non-hydrogen) atoms. The number of benzene rings is 1. The summed E-state index contributed by atoms with van der Waals surface area (Å²) in [4.78, 5) is 12.2. The number of carbonyl (C=O) groups excluding carboxylic acids is 1. The van der Waals surface area contributed by atoms with E-state index in [1.54, 1.807) is 6.07 Å². The van der Waals surface area contributed by atoms with Gasteiger partial charge in [-0.2, -0.15) is 4.31 Å². The molecule has 1 heterocycles. The van der Waals surface area contributed by atoms with Crippen molar-refractivity contribution in [2.45, 2.75) is 18.9 Å². The molecule has 0 aliphatic carbocycles. The van der Waals surface area contributed by atoms with Crippen LogP contribution in [0.4, 0.5) is 10.1 Å². The van der Waals surface area contributed by atoms with Gasteiger partial charge in [0.25, 0.3) is 0 Å². The summed E-state index contributed by atoms with van der Waals surface area (Å²) in [5, 5.41) is 2.46. The molecule has 1 unspecified atom stereocenters. The second-order valence-corrected chi connectivity index (χ2v) is 8.47. The first-order chi connectivity index (χ1) is 9.70. The Bertz CT molecular complexity index is 658. The molecule has 2 rings (SSSR count). The largest absolute Gasteiger partial charge is 0.321 e. The van der Waals surface area contributed by atoms with Gasteiger partial charge in [-0.15, -0.1) is 0 Å². The lowest BCUT2D eigenvalue weighted by atomic mass is 10.2. The summed E-state index contributed by atoms with van der Waals surface area (Å²) < 4.78 is 39.2. The summed E-state index contributed by atoms with van der Waals surface area (Å²) in [5.41, 5.74) is 0.00329. The molecule has 0 bridgehead atoms. The molecule has 0 saturated carbocycles. The van der Waals surface area contributed by atoms with Crippen molar-refractivity contribution in [1.82, 2.24) is 4.31 Å². The number of halogens is 3. The number of hydrogen-bond donors (Lipinski definition) is 1. The minimum atomic E-state index is -3.46. The first-order valence-electron chi connectivity index (χ1n) is 6.12. The third kappa shape index (κ3) is 3.82. The van der Waals surface area contributed by atoms with E-state index in [1.165, 1.54) is 6.07 Å². The van der Waals surface area contributed by atoms with Crippen LogP contribution in [0.1, 0.15) is 12.8 Å². The van der Waals surface area contributed by atoms with E-state index in [9.17, 15) is 17.6 Å². The first-order valence-corrected chi connectivity index (χ1v) is 9.56. The summed E-state index contributed by atoms with van der Waals surface area (Å²) in [5.74, 6) is -1.13. The zero-order chi connectivity index (χ0) is 15.8. The zero-order valence-corrected chi connectivity index (χ0v) is 15.1. The van der Waals surface area contributed by atoms with Gasteiger partial charge in [-0.05, 0) is 40.9 Å². The highest BCUT2D eigenvalue weighted by Crippen LogP contribution is 2.30. The van der Waals surface area contributed by atoms with Crippen LogP contribution in [-0.4, -0.2) is 37.5 Å². The maximum atomic E-state index is 13.9. The van der Waals surface area contributed by atoms with E-state index in [4.69, 9.17) is 0 Å². The quantitative estimate of drug-likeness (QED) is 0.780. The topological polar surface area (TPSA) is 66.5 Å². The second kappa shape index (κ2) is 6.31. The SMILES string of the molecule is CS(=O)(=O)N1CCCC1C(=O)Nc1c(F)cc(Br)cc1Br. The van der Waals surface area contributed by atoms with Gasteiger partial charge in [-0.25, -0.2) is 12.8 Å². The van der Waals surface area contributed by atoms with E-state index in [0.717, 1.165) is 10.6 Å². The van der Waals surface area contributed by atoms with E-state index in [-0.39, 0.29) is 5.69 Å². The average molecular weight is 444 g/mol. The van der Waals surface area contributed by atoms with Gasteiger partial charge in [0, 0.05) is 15.5 Å². The molecule has 1 aliphatic heterocycles. The van der Waals surface area contributed by atoms with Gasteiger partial charge >= 0.3 is 0 Å². The Morgan fingerprint density at radius 3 is 2.67 bits per heavy atom. The predicted octanol–water partition coefficient (Wildman–Crippen LogP) is 2.71. The smallest absolute Gasteiger partial charge is 0.242 e. The number of anilines is 1. The number of nitrogens with one attached hydrogen (secondary N) is 1. The molecule has 0 radical (unpaired) electrons. The normalized spacial score (nSPS) is 19.7. The summed E-state index contributed by atoms with van der Waals surface area (Å²) in [6, 6.07) is 2.03. The van der Waals surface area contributed by atoms with Crippen molar-refractivity contribution < 1.29 is 17.6 Å². The van der Waals surface area contributed by atoms with Crippen molar-refractivity contribution in [1.29, 1.82) is 0 Å². The van der Waals surface area contributed by atoms with Gasteiger partial charge in [-0.1, -0.05) is 15.9 Å². The van der Waals surface area contributed by atoms with E-state index in [2.05, 4.69) is 37.2 Å². The van der Waals surface area contributed by atoms with Gasteiger partial charge < -0.3 is 5.32 Å². The van der Waals surface area contributed by atoms with Crippen LogP contribution >= 0.6 is 31.9 Å². The Hall–Kier alpha value is -0.510. The highest BCUT2D eigenvalue weighted by Gasteiger charge is 2.36. The molecular weight excluding hydrogens is 431 g/mol. The van der Waals surface area contributed by atoms with Crippen LogP contribution in [0.5, 0.6) is 0 Å². The van der Waals surface area contributed by atoms with Crippen LogP contribution in [0, 0.1) is 5.82 Å². The monoisotopic (exact) mass is 442 g/mol. The van der Waals surface area contributed by atoms with Crippen LogP contribution in [0.25, 0.3) is 0 Å². The van der Waals surface area contributed by atoms with Crippen molar-refractivity contribution in [2.75, 3.05) is 18.1 Å². The third-order valence-corrected chi connectivity index (χ3v) is 5.56. The van der Waals surface area contributed by atoms with Gasteiger partial charge in [0.2, 0.25) is 15.9 Å². The van der Waals surface area contributed by atoms with Crippen LogP contribution < -0.4 is 5.32 Å². The minimum Gasteiger partial charge on any atom is -0.321 e. The number of amides is 1. The average Bonchev–Trinajstić information content (AvgIpc) is 2.82. The van der Waals surface area contributed by atoms with Crippen molar-refractivity contribution >= 4 is 53.5 Å². The molecule has 0 aromatic heterocycles. The lowest BCUT2D eigenvalue weighted by molar-refractivity contribution is -0.119. The van der Waals surface area contributed by atoms with Crippen LogP contribution in [0.15, 0.2) is 21.1 Å². The molecule has 1 aliphatic rings. The molecule has 5 nitrogen and oxygen atoms in total. The summed E-state index contributed by atoms with van der Waals surface area (Å²) in [7, 11) is -3.46. The summed E-state index contributed by atoms with van der Waals surface area (Å²) >= 11 is 6.32. The predicted molar refractivity (Wildman–Crippen MR) is 85.0 cm³/mol. The van der Waals surface area contributed by atoms with Gasteiger partial charge in [-0.3, -0.25) is 4.79 Å².